The lowest BCUT2D eigenvalue weighted by molar-refractivity contribution is -0.166. The Balaban J connectivity index is 2.40. The average molecular weight is 479 g/mol. The molecule has 5 atom stereocenters. The zero-order valence-electron chi connectivity index (χ0n) is 21.2. The third kappa shape index (κ3) is 5.98. The second-order valence-electron chi connectivity index (χ2n) is 12.7. The molecule has 0 heterocycles. The van der Waals surface area contributed by atoms with E-state index >= 15 is 0 Å². The predicted octanol–water partition coefficient (Wildman–Crippen LogP) is 5.93. The highest BCUT2D eigenvalue weighted by molar-refractivity contribution is 7.86. The Morgan fingerprint density at radius 1 is 0.967 bits per heavy atom. The normalized spacial score (nSPS) is 36.4. The van der Waals surface area contributed by atoms with Gasteiger partial charge >= 0.3 is 0 Å². The van der Waals surface area contributed by atoms with Crippen LogP contribution in [0.3, 0.4) is 0 Å². The molecule has 2 aliphatic rings. The highest BCUT2D eigenvalue weighted by Crippen LogP contribution is 2.58. The maximum Gasteiger partial charge on any atom is 0.264 e. The fourth-order valence-corrected chi connectivity index (χ4v) is 9.20. The number of rotatable bonds is 6. The van der Waals surface area contributed by atoms with Crippen molar-refractivity contribution < 1.29 is 21.5 Å². The molecule has 0 amide bonds. The standard InChI is InChI=1S/C22H46O5SSi2/c1-20(2,3)30(10,11)26-19-13-15-22(5,27-29(7,8)9)18-16-17(25-28(6,23)24)12-14-21(18,19)4/h17-19H,12-16H2,1-11H3/t17-,18-,19-,21-,22-/m0/s1. The minimum Gasteiger partial charge on any atom is -0.413 e. The molecule has 0 N–H and O–H groups in total. The Bertz CT molecular complexity index is 725. The molecule has 30 heavy (non-hydrogen) atoms. The Morgan fingerprint density at radius 2 is 1.53 bits per heavy atom. The summed E-state index contributed by atoms with van der Waals surface area (Å²) in [6.45, 7) is 22.8. The lowest BCUT2D eigenvalue weighted by atomic mass is 9.53. The molecule has 0 aromatic rings. The van der Waals surface area contributed by atoms with E-state index in [0.717, 1.165) is 31.9 Å². The largest absolute Gasteiger partial charge is 0.413 e. The van der Waals surface area contributed by atoms with Crippen LogP contribution in [0, 0.1) is 11.3 Å². The Labute approximate surface area is 188 Å². The molecule has 0 aliphatic heterocycles. The highest BCUT2D eigenvalue weighted by atomic mass is 32.2. The first-order chi connectivity index (χ1) is 13.2. The zero-order chi connectivity index (χ0) is 23.4. The summed E-state index contributed by atoms with van der Waals surface area (Å²) >= 11 is 0. The van der Waals surface area contributed by atoms with Gasteiger partial charge in [0.15, 0.2) is 16.6 Å². The second-order valence-corrected chi connectivity index (χ2v) is 23.5. The summed E-state index contributed by atoms with van der Waals surface area (Å²) in [5, 5.41) is 0.158. The molecule has 2 saturated carbocycles. The van der Waals surface area contributed by atoms with Crippen LogP contribution in [0.5, 0.6) is 0 Å². The van der Waals surface area contributed by atoms with Crippen molar-refractivity contribution >= 4 is 26.8 Å². The van der Waals surface area contributed by atoms with Crippen molar-refractivity contribution in [1.29, 1.82) is 0 Å². The van der Waals surface area contributed by atoms with Gasteiger partial charge in [-0.05, 0) is 88.1 Å². The summed E-state index contributed by atoms with van der Waals surface area (Å²) in [5.74, 6) is 0.209. The second kappa shape index (κ2) is 8.24. The molecule has 0 aromatic carbocycles. The molecule has 0 unspecified atom stereocenters. The molecule has 2 fully saturated rings. The first-order valence-electron chi connectivity index (χ1n) is 11.4. The molecule has 2 rings (SSSR count). The van der Waals surface area contributed by atoms with E-state index in [2.05, 4.69) is 67.4 Å². The van der Waals surface area contributed by atoms with Crippen molar-refractivity contribution in [1.82, 2.24) is 0 Å². The molecule has 178 valence electrons. The van der Waals surface area contributed by atoms with Gasteiger partial charge in [-0.15, -0.1) is 0 Å². The van der Waals surface area contributed by atoms with Gasteiger partial charge in [0.1, 0.15) is 0 Å². The highest BCUT2D eigenvalue weighted by Gasteiger charge is 2.59. The van der Waals surface area contributed by atoms with Crippen molar-refractivity contribution in [3.8, 4) is 0 Å². The van der Waals surface area contributed by atoms with Crippen LogP contribution in [0.4, 0.5) is 0 Å². The Kier molecular flexibility index (Phi) is 7.28. The predicted molar refractivity (Wildman–Crippen MR) is 129 cm³/mol. The third-order valence-corrected chi connectivity index (χ3v) is 14.0. The lowest BCUT2D eigenvalue weighted by Crippen LogP contribution is -2.63. The van der Waals surface area contributed by atoms with Gasteiger partial charge in [-0.2, -0.15) is 8.42 Å². The van der Waals surface area contributed by atoms with E-state index < -0.39 is 26.8 Å². The van der Waals surface area contributed by atoms with Gasteiger partial charge in [0, 0.05) is 0 Å². The lowest BCUT2D eigenvalue weighted by Gasteiger charge is -2.61. The van der Waals surface area contributed by atoms with Crippen molar-refractivity contribution in [3.05, 3.63) is 0 Å². The fourth-order valence-electron chi connectivity index (χ4n) is 5.43. The van der Waals surface area contributed by atoms with E-state index in [1.54, 1.807) is 0 Å². The molecular formula is C22H46O5SSi2. The average Bonchev–Trinajstić information content (AvgIpc) is 2.48. The van der Waals surface area contributed by atoms with E-state index in [0.29, 0.717) is 6.42 Å². The van der Waals surface area contributed by atoms with Crippen LogP contribution in [0.25, 0.3) is 0 Å². The van der Waals surface area contributed by atoms with Crippen LogP contribution >= 0.6 is 0 Å². The molecular weight excluding hydrogens is 432 g/mol. The molecule has 0 bridgehead atoms. The summed E-state index contributed by atoms with van der Waals surface area (Å²) in [4.78, 5) is 0. The summed E-state index contributed by atoms with van der Waals surface area (Å²) in [5.41, 5.74) is -0.314. The SMILES string of the molecule is CC(C)(C)[Si](C)(C)O[C@H]1CC[C@](C)(O[Si](C)(C)C)[C@H]2C[C@@H](OS(C)(=O)=O)CC[C@]12C. The Hall–Kier alpha value is 0.264. The fraction of sp³-hybridized carbons (Fsp3) is 1.00. The van der Waals surface area contributed by atoms with Gasteiger partial charge in [-0.1, -0.05) is 27.7 Å². The molecule has 0 spiro atoms. The molecule has 5 nitrogen and oxygen atoms in total. The van der Waals surface area contributed by atoms with Crippen LogP contribution in [-0.2, 0) is 23.2 Å². The zero-order valence-corrected chi connectivity index (χ0v) is 24.0. The third-order valence-electron chi connectivity index (χ3n) is 7.77. The molecule has 0 aromatic heterocycles. The first kappa shape index (κ1) is 26.5. The van der Waals surface area contributed by atoms with Gasteiger partial charge in [0.25, 0.3) is 10.1 Å². The van der Waals surface area contributed by atoms with E-state index in [1.807, 2.05) is 0 Å². The summed E-state index contributed by atoms with van der Waals surface area (Å²) in [7, 11) is -7.18. The molecule has 8 heteroatoms. The number of hydrogen-bond donors (Lipinski definition) is 0. The maximum absolute atomic E-state index is 11.8. The van der Waals surface area contributed by atoms with Gasteiger partial charge in [-0.3, -0.25) is 4.18 Å². The van der Waals surface area contributed by atoms with E-state index in [1.165, 1.54) is 0 Å². The quantitative estimate of drug-likeness (QED) is 0.349. The van der Waals surface area contributed by atoms with Gasteiger partial charge in [-0.25, -0.2) is 0 Å². The van der Waals surface area contributed by atoms with Crippen molar-refractivity contribution in [3.63, 3.8) is 0 Å². The van der Waals surface area contributed by atoms with Gasteiger partial charge < -0.3 is 8.85 Å². The molecule has 2 aliphatic carbocycles. The van der Waals surface area contributed by atoms with E-state index in [4.69, 9.17) is 13.0 Å². The van der Waals surface area contributed by atoms with Gasteiger partial charge in [0.05, 0.1) is 24.1 Å². The number of fused-ring (bicyclic) bond motifs is 1. The van der Waals surface area contributed by atoms with E-state index in [-0.39, 0.29) is 34.2 Å². The minimum absolute atomic E-state index is 0.0421. The summed E-state index contributed by atoms with van der Waals surface area (Å²) in [6.07, 6.45) is 5.38. The number of hydrogen-bond acceptors (Lipinski definition) is 5. The molecule has 0 saturated heterocycles. The van der Waals surface area contributed by atoms with Crippen LogP contribution in [0.2, 0.25) is 37.8 Å². The summed E-state index contributed by atoms with van der Waals surface area (Å²) in [6, 6.07) is 0. The van der Waals surface area contributed by atoms with Crippen molar-refractivity contribution in [2.24, 2.45) is 11.3 Å². The van der Waals surface area contributed by atoms with Crippen LogP contribution in [0.15, 0.2) is 0 Å². The van der Waals surface area contributed by atoms with Crippen LogP contribution in [0.1, 0.15) is 66.7 Å². The topological polar surface area (TPSA) is 61.8 Å². The summed E-state index contributed by atoms with van der Waals surface area (Å²) < 4.78 is 43.0. The van der Waals surface area contributed by atoms with Gasteiger partial charge in [0.2, 0.25) is 0 Å². The van der Waals surface area contributed by atoms with Crippen LogP contribution < -0.4 is 0 Å². The maximum atomic E-state index is 11.8. The van der Waals surface area contributed by atoms with Crippen molar-refractivity contribution in [2.45, 2.75) is 122 Å². The monoisotopic (exact) mass is 478 g/mol. The first-order valence-corrected chi connectivity index (χ1v) is 19.6. The molecule has 0 radical (unpaired) electrons. The van der Waals surface area contributed by atoms with E-state index in [9.17, 15) is 8.42 Å². The minimum atomic E-state index is -3.47. The van der Waals surface area contributed by atoms with Crippen LogP contribution in [-0.4, -0.2) is 49.1 Å². The van der Waals surface area contributed by atoms with Crippen molar-refractivity contribution in [2.75, 3.05) is 6.26 Å². The smallest absolute Gasteiger partial charge is 0.264 e. The Morgan fingerprint density at radius 3 is 2.00 bits per heavy atom.